The van der Waals surface area contributed by atoms with Crippen molar-refractivity contribution in [1.82, 2.24) is 5.48 Å². The predicted octanol–water partition coefficient (Wildman–Crippen LogP) is 3.68. The maximum Gasteiger partial charge on any atom is 0.253 e. The lowest BCUT2D eigenvalue weighted by Crippen LogP contribution is -2.30. The highest BCUT2D eigenvalue weighted by Gasteiger charge is 2.19. The first kappa shape index (κ1) is 22.4. The molecule has 0 saturated carbocycles. The van der Waals surface area contributed by atoms with Crippen LogP contribution in [0.1, 0.15) is 37.7 Å². The first-order valence-corrected chi connectivity index (χ1v) is 9.65. The van der Waals surface area contributed by atoms with Crippen LogP contribution in [-0.2, 0) is 20.9 Å². The van der Waals surface area contributed by atoms with Gasteiger partial charge < -0.3 is 14.8 Å². The van der Waals surface area contributed by atoms with Crippen molar-refractivity contribution >= 4 is 17.5 Å². The normalized spacial score (nSPS) is 11.5. The van der Waals surface area contributed by atoms with Gasteiger partial charge in [0.25, 0.3) is 5.91 Å². The van der Waals surface area contributed by atoms with E-state index in [1.165, 1.54) is 0 Å². The Labute approximate surface area is 171 Å². The van der Waals surface area contributed by atoms with Crippen LogP contribution < -0.4 is 15.5 Å². The van der Waals surface area contributed by atoms with E-state index in [0.717, 1.165) is 29.8 Å². The fourth-order valence-corrected chi connectivity index (χ4v) is 2.80. The van der Waals surface area contributed by atoms with E-state index >= 15 is 0 Å². The second-order valence-corrected chi connectivity index (χ2v) is 6.64. The zero-order valence-corrected chi connectivity index (χ0v) is 16.6. The second-order valence-electron chi connectivity index (χ2n) is 6.64. The Bertz CT molecular complexity index is 750. The minimum Gasteiger partial charge on any atom is -0.497 e. The molecule has 0 saturated heterocycles. The number of unbranched alkanes of at least 4 members (excludes halogenated alkanes) is 2. The molecule has 0 fully saturated rings. The number of ether oxygens (including phenoxy) is 2. The van der Waals surface area contributed by atoms with Crippen LogP contribution in [0.4, 0.5) is 5.69 Å². The molecule has 0 spiro atoms. The van der Waals surface area contributed by atoms with Crippen molar-refractivity contribution in [3.8, 4) is 5.75 Å². The minimum absolute atomic E-state index is 0.196. The zero-order valence-electron chi connectivity index (χ0n) is 16.6. The van der Waals surface area contributed by atoms with Crippen molar-refractivity contribution in [2.24, 2.45) is 0 Å². The van der Waals surface area contributed by atoms with E-state index < -0.39 is 12.0 Å². The molecule has 156 valence electrons. The zero-order chi connectivity index (χ0) is 20.9. The molecule has 29 heavy (non-hydrogen) atoms. The van der Waals surface area contributed by atoms with E-state index in [1.54, 1.807) is 12.6 Å². The molecule has 0 aromatic heterocycles. The summed E-state index contributed by atoms with van der Waals surface area (Å²) in [5, 5.41) is 11.4. The number of hydroxylamine groups is 1. The van der Waals surface area contributed by atoms with E-state index in [9.17, 15) is 9.59 Å². The third kappa shape index (κ3) is 8.33. The van der Waals surface area contributed by atoms with Gasteiger partial charge in [0.2, 0.25) is 5.91 Å². The Morgan fingerprint density at radius 2 is 1.72 bits per heavy atom. The van der Waals surface area contributed by atoms with Crippen molar-refractivity contribution in [3.63, 3.8) is 0 Å². The van der Waals surface area contributed by atoms with Crippen molar-refractivity contribution in [3.05, 3.63) is 60.2 Å². The highest BCUT2D eigenvalue weighted by Crippen LogP contribution is 2.16. The number of amides is 2. The van der Waals surface area contributed by atoms with Gasteiger partial charge in [0, 0.05) is 12.1 Å². The number of anilines is 1. The van der Waals surface area contributed by atoms with Crippen LogP contribution in [0.15, 0.2) is 54.6 Å². The first-order chi connectivity index (χ1) is 14.1. The van der Waals surface area contributed by atoms with Crippen molar-refractivity contribution in [1.29, 1.82) is 0 Å². The van der Waals surface area contributed by atoms with Crippen LogP contribution in [0.3, 0.4) is 0 Å². The van der Waals surface area contributed by atoms with Crippen molar-refractivity contribution in [2.75, 3.05) is 12.4 Å². The Morgan fingerprint density at radius 1 is 1.00 bits per heavy atom. The van der Waals surface area contributed by atoms with Gasteiger partial charge in [-0.2, -0.15) is 0 Å². The molecule has 0 aliphatic rings. The number of hydrogen-bond acceptors (Lipinski definition) is 5. The summed E-state index contributed by atoms with van der Waals surface area (Å²) in [7, 11) is 1.61. The van der Waals surface area contributed by atoms with Gasteiger partial charge in [-0.15, -0.1) is 0 Å². The number of hydrogen-bond donors (Lipinski definition) is 3. The first-order valence-electron chi connectivity index (χ1n) is 9.65. The molecule has 2 amide bonds. The van der Waals surface area contributed by atoms with Gasteiger partial charge in [0.15, 0.2) is 0 Å². The van der Waals surface area contributed by atoms with Gasteiger partial charge in [-0.3, -0.25) is 14.8 Å². The minimum atomic E-state index is -0.607. The van der Waals surface area contributed by atoms with Crippen molar-refractivity contribution < 1.29 is 24.3 Å². The third-order valence-corrected chi connectivity index (χ3v) is 4.44. The van der Waals surface area contributed by atoms with Gasteiger partial charge >= 0.3 is 0 Å². The molecule has 0 aliphatic heterocycles. The summed E-state index contributed by atoms with van der Waals surface area (Å²) in [5.41, 5.74) is 3.29. The fourth-order valence-electron chi connectivity index (χ4n) is 2.80. The Hall–Kier alpha value is -2.90. The number of nitrogens with one attached hydrogen (secondary N) is 2. The molecule has 0 bridgehead atoms. The fraction of sp³-hybridized carbons (Fsp3) is 0.364. The summed E-state index contributed by atoms with van der Waals surface area (Å²) in [5.74, 6) is 0.163. The third-order valence-electron chi connectivity index (χ3n) is 4.44. The molecule has 2 aromatic carbocycles. The number of carbonyl (C=O) groups is 2. The number of methoxy groups -OCH3 is 1. The molecular formula is C22H28N2O5. The van der Waals surface area contributed by atoms with Gasteiger partial charge in [-0.25, -0.2) is 5.48 Å². The molecule has 1 atom stereocenters. The average Bonchev–Trinajstić information content (AvgIpc) is 2.76. The van der Waals surface area contributed by atoms with Gasteiger partial charge in [-0.1, -0.05) is 43.2 Å². The van der Waals surface area contributed by atoms with Crippen LogP contribution in [0.25, 0.3) is 0 Å². The lowest BCUT2D eigenvalue weighted by molar-refractivity contribution is -0.130. The lowest BCUT2D eigenvalue weighted by Gasteiger charge is -2.18. The quantitative estimate of drug-likeness (QED) is 0.287. The average molecular weight is 400 g/mol. The maximum absolute atomic E-state index is 12.7. The second kappa shape index (κ2) is 12.5. The monoisotopic (exact) mass is 400 g/mol. The predicted molar refractivity (Wildman–Crippen MR) is 110 cm³/mol. The standard InChI is InChI=1S/C22H28N2O5/c1-28-19-14-12-17(13-15-19)16-29-20(10-6-3-7-11-21(25)24-27)22(26)23-18-8-4-2-5-9-18/h2,4-5,8-9,12-15,20,27H,3,6-7,10-11,16H2,1H3,(H,23,26)(H,24,25)/t20-/m1/s1. The molecule has 3 N–H and O–H groups in total. The van der Waals surface area contributed by atoms with E-state index in [0.29, 0.717) is 19.4 Å². The summed E-state index contributed by atoms with van der Waals surface area (Å²) in [4.78, 5) is 23.8. The summed E-state index contributed by atoms with van der Waals surface area (Å²) in [6.45, 7) is 0.309. The molecule has 7 nitrogen and oxygen atoms in total. The molecule has 2 aromatic rings. The van der Waals surface area contributed by atoms with E-state index in [2.05, 4.69) is 5.32 Å². The molecule has 7 heteroatoms. The topological polar surface area (TPSA) is 96.9 Å². The van der Waals surface area contributed by atoms with Gasteiger partial charge in [-0.05, 0) is 42.7 Å². The lowest BCUT2D eigenvalue weighted by atomic mass is 10.1. The highest BCUT2D eigenvalue weighted by molar-refractivity contribution is 5.94. The highest BCUT2D eigenvalue weighted by atomic mass is 16.5. The van der Waals surface area contributed by atoms with Crippen molar-refractivity contribution in [2.45, 2.75) is 44.8 Å². The number of rotatable bonds is 12. The van der Waals surface area contributed by atoms with Gasteiger partial charge in [0.05, 0.1) is 13.7 Å². The summed E-state index contributed by atoms with van der Waals surface area (Å²) in [6, 6.07) is 16.8. The Morgan fingerprint density at radius 3 is 2.38 bits per heavy atom. The Balaban J connectivity index is 1.90. The van der Waals surface area contributed by atoms with Gasteiger partial charge in [0.1, 0.15) is 11.9 Å². The number of benzene rings is 2. The van der Waals surface area contributed by atoms with E-state index in [1.807, 2.05) is 54.6 Å². The van der Waals surface area contributed by atoms with Crippen LogP contribution in [0, 0.1) is 0 Å². The van der Waals surface area contributed by atoms with Crippen LogP contribution >= 0.6 is 0 Å². The van der Waals surface area contributed by atoms with Crippen LogP contribution in [0.5, 0.6) is 5.75 Å². The number of carbonyl (C=O) groups excluding carboxylic acids is 2. The smallest absolute Gasteiger partial charge is 0.253 e. The molecule has 0 aliphatic carbocycles. The molecule has 2 rings (SSSR count). The number of para-hydroxylation sites is 1. The summed E-state index contributed by atoms with van der Waals surface area (Å²) < 4.78 is 11.1. The molecule has 0 radical (unpaired) electrons. The van der Waals surface area contributed by atoms with E-state index in [-0.39, 0.29) is 12.3 Å². The SMILES string of the molecule is COc1ccc(CO[C@H](CCCCCC(=O)NO)C(=O)Nc2ccccc2)cc1. The van der Waals surface area contributed by atoms with Crippen LogP contribution in [0.2, 0.25) is 0 Å². The maximum atomic E-state index is 12.7. The molecule has 0 unspecified atom stereocenters. The van der Waals surface area contributed by atoms with Crippen LogP contribution in [-0.4, -0.2) is 30.2 Å². The van der Waals surface area contributed by atoms with E-state index in [4.69, 9.17) is 14.7 Å². The summed E-state index contributed by atoms with van der Waals surface area (Å²) >= 11 is 0. The summed E-state index contributed by atoms with van der Waals surface area (Å²) in [6.07, 6.45) is 2.31. The Kier molecular flexibility index (Phi) is 9.68. The largest absolute Gasteiger partial charge is 0.497 e. The molecule has 0 heterocycles. The molecular weight excluding hydrogens is 372 g/mol.